The molecule has 1 aliphatic rings. The summed E-state index contributed by atoms with van der Waals surface area (Å²) in [6, 6.07) is 9.51. The van der Waals surface area contributed by atoms with Gasteiger partial charge in [0.15, 0.2) is 5.04 Å². The summed E-state index contributed by atoms with van der Waals surface area (Å²) in [5.74, 6) is 0.788. The van der Waals surface area contributed by atoms with Gasteiger partial charge in [0, 0.05) is 13.1 Å². The fourth-order valence-electron chi connectivity index (χ4n) is 1.69. The zero-order valence-corrected chi connectivity index (χ0v) is 12.3. The summed E-state index contributed by atoms with van der Waals surface area (Å²) in [7, 11) is 4.67. The maximum absolute atomic E-state index is 9.10. The normalized spacial score (nSPS) is 16.3. The van der Waals surface area contributed by atoms with Crippen molar-refractivity contribution in [1.82, 2.24) is 4.31 Å². The third-order valence-electron chi connectivity index (χ3n) is 2.69. The van der Waals surface area contributed by atoms with Gasteiger partial charge in [0.05, 0.1) is 12.8 Å². The molecule has 0 atom stereocenters. The number of benzene rings is 1. The van der Waals surface area contributed by atoms with Gasteiger partial charge in [0.2, 0.25) is 0 Å². The Hall–Kier alpha value is -1.16. The van der Waals surface area contributed by atoms with Gasteiger partial charge in [-0.2, -0.15) is 5.26 Å². The fraction of sp³-hybridized carbons (Fsp3) is 0.385. The average molecular weight is 293 g/mol. The minimum absolute atomic E-state index is 0.474. The average Bonchev–Trinajstić information content (AvgIpc) is 2.97. The zero-order chi connectivity index (χ0) is 13.5. The van der Waals surface area contributed by atoms with Gasteiger partial charge in [0.1, 0.15) is 11.8 Å². The lowest BCUT2D eigenvalue weighted by Crippen LogP contribution is -2.07. The molecule has 2 rings (SSSR count). The highest BCUT2D eigenvalue weighted by Crippen LogP contribution is 2.31. The van der Waals surface area contributed by atoms with Gasteiger partial charge in [-0.25, -0.2) is 9.30 Å². The molecule has 1 fully saturated rings. The van der Waals surface area contributed by atoms with Gasteiger partial charge >= 0.3 is 0 Å². The lowest BCUT2D eigenvalue weighted by molar-refractivity contribution is 0.415. The number of hydrogen-bond donors (Lipinski definition) is 0. The topological polar surface area (TPSA) is 48.6 Å². The monoisotopic (exact) mass is 293 g/mol. The first-order valence-corrected chi connectivity index (χ1v) is 8.15. The Kier molecular flexibility index (Phi) is 5.58. The van der Waals surface area contributed by atoms with E-state index in [0.717, 1.165) is 24.5 Å². The Balaban J connectivity index is 1.95. The standard InChI is InChI=1S/C13H15N3OS2/c1-17-12-6-4-11(5-7-12)15-13(10-14)18-19-16-8-2-3-9-16/h4-7H,2-3,8-9H2,1H3. The van der Waals surface area contributed by atoms with E-state index in [9.17, 15) is 0 Å². The van der Waals surface area contributed by atoms with Crippen molar-refractivity contribution < 1.29 is 4.74 Å². The van der Waals surface area contributed by atoms with Crippen LogP contribution in [0.3, 0.4) is 0 Å². The highest BCUT2D eigenvalue weighted by atomic mass is 33.1. The van der Waals surface area contributed by atoms with E-state index in [0.29, 0.717) is 5.04 Å². The third-order valence-corrected chi connectivity index (χ3v) is 5.01. The van der Waals surface area contributed by atoms with Crippen LogP contribution < -0.4 is 4.74 Å². The van der Waals surface area contributed by atoms with E-state index in [-0.39, 0.29) is 0 Å². The summed E-state index contributed by atoms with van der Waals surface area (Å²) in [4.78, 5) is 4.33. The molecule has 0 N–H and O–H groups in total. The smallest absolute Gasteiger partial charge is 0.186 e. The minimum Gasteiger partial charge on any atom is -0.497 e. The maximum atomic E-state index is 9.10. The van der Waals surface area contributed by atoms with E-state index in [1.54, 1.807) is 18.1 Å². The van der Waals surface area contributed by atoms with E-state index in [2.05, 4.69) is 15.4 Å². The molecular formula is C13H15N3OS2. The molecule has 1 saturated heterocycles. The van der Waals surface area contributed by atoms with Crippen LogP contribution in [0.25, 0.3) is 0 Å². The highest BCUT2D eigenvalue weighted by Gasteiger charge is 2.13. The molecule has 0 saturated carbocycles. The van der Waals surface area contributed by atoms with Crippen LogP contribution >= 0.6 is 21.8 Å². The second kappa shape index (κ2) is 7.43. The first kappa shape index (κ1) is 14.3. The molecule has 0 aliphatic carbocycles. The lowest BCUT2D eigenvalue weighted by atomic mass is 10.3. The summed E-state index contributed by atoms with van der Waals surface area (Å²) in [6.45, 7) is 2.19. The third kappa shape index (κ3) is 4.46. The van der Waals surface area contributed by atoms with Crippen LogP contribution in [0, 0.1) is 11.3 Å². The number of nitriles is 1. The number of methoxy groups -OCH3 is 1. The molecule has 4 nitrogen and oxygen atoms in total. The second-order valence-corrected chi connectivity index (χ2v) is 6.19. The summed E-state index contributed by atoms with van der Waals surface area (Å²) in [6.07, 6.45) is 2.48. The van der Waals surface area contributed by atoms with Crippen LogP contribution in [-0.2, 0) is 0 Å². The van der Waals surface area contributed by atoms with Crippen molar-refractivity contribution in [3.63, 3.8) is 0 Å². The van der Waals surface area contributed by atoms with Crippen molar-refractivity contribution >= 4 is 32.5 Å². The predicted octanol–water partition coefficient (Wildman–Crippen LogP) is 3.64. The summed E-state index contributed by atoms with van der Waals surface area (Å²) in [5, 5.41) is 9.58. The molecule has 6 heteroatoms. The first-order valence-electron chi connectivity index (χ1n) is 6.04. The molecule has 0 spiro atoms. The molecule has 0 bridgehead atoms. The molecule has 19 heavy (non-hydrogen) atoms. The van der Waals surface area contributed by atoms with E-state index in [4.69, 9.17) is 10.00 Å². The minimum atomic E-state index is 0.474. The fourth-order valence-corrected chi connectivity index (χ4v) is 3.65. The van der Waals surface area contributed by atoms with Gasteiger partial charge in [-0.1, -0.05) is 0 Å². The van der Waals surface area contributed by atoms with Crippen molar-refractivity contribution in [1.29, 1.82) is 5.26 Å². The quantitative estimate of drug-likeness (QED) is 0.367. The maximum Gasteiger partial charge on any atom is 0.186 e. The van der Waals surface area contributed by atoms with Gasteiger partial charge in [-0.15, -0.1) is 0 Å². The molecule has 0 unspecified atom stereocenters. The first-order chi connectivity index (χ1) is 9.31. The summed E-state index contributed by atoms with van der Waals surface area (Å²) in [5.41, 5.74) is 0.770. The largest absolute Gasteiger partial charge is 0.497 e. The van der Waals surface area contributed by atoms with Crippen LogP contribution in [0.5, 0.6) is 5.75 Å². The number of ether oxygens (including phenoxy) is 1. The number of nitrogens with zero attached hydrogens (tertiary/aromatic N) is 3. The van der Waals surface area contributed by atoms with E-state index >= 15 is 0 Å². The predicted molar refractivity (Wildman–Crippen MR) is 81.7 cm³/mol. The van der Waals surface area contributed by atoms with Gasteiger partial charge in [-0.05, 0) is 58.9 Å². The Labute approximate surface area is 121 Å². The Morgan fingerprint density at radius 2 is 2.00 bits per heavy atom. The SMILES string of the molecule is COc1ccc(N=C(C#N)SSN2CCCC2)cc1. The Bertz CT molecular complexity index is 476. The molecular weight excluding hydrogens is 278 g/mol. The number of aliphatic imine (C=N–C) groups is 1. The van der Waals surface area contributed by atoms with Gasteiger partial charge in [-0.3, -0.25) is 0 Å². The molecule has 1 aromatic rings. The molecule has 1 aromatic carbocycles. The van der Waals surface area contributed by atoms with E-state index in [1.807, 2.05) is 24.3 Å². The Morgan fingerprint density at radius 3 is 2.58 bits per heavy atom. The van der Waals surface area contributed by atoms with Crippen LogP contribution in [0.1, 0.15) is 12.8 Å². The second-order valence-electron chi connectivity index (χ2n) is 4.02. The molecule has 100 valence electrons. The van der Waals surface area contributed by atoms with Crippen LogP contribution in [0.2, 0.25) is 0 Å². The van der Waals surface area contributed by atoms with Gasteiger partial charge in [0.25, 0.3) is 0 Å². The molecule has 0 radical (unpaired) electrons. The Morgan fingerprint density at radius 1 is 1.32 bits per heavy atom. The summed E-state index contributed by atoms with van der Waals surface area (Å²) < 4.78 is 7.36. The van der Waals surface area contributed by atoms with Crippen LogP contribution in [-0.4, -0.2) is 29.5 Å². The molecule has 0 aromatic heterocycles. The van der Waals surface area contributed by atoms with Crippen molar-refractivity contribution in [3.8, 4) is 11.8 Å². The van der Waals surface area contributed by atoms with Crippen molar-refractivity contribution in [2.75, 3.05) is 20.2 Å². The van der Waals surface area contributed by atoms with Crippen molar-refractivity contribution in [3.05, 3.63) is 24.3 Å². The molecule has 1 heterocycles. The number of hydrogen-bond acceptors (Lipinski definition) is 6. The van der Waals surface area contributed by atoms with Crippen molar-refractivity contribution in [2.24, 2.45) is 4.99 Å². The van der Waals surface area contributed by atoms with E-state index in [1.165, 1.54) is 23.6 Å². The van der Waals surface area contributed by atoms with Crippen LogP contribution in [0.4, 0.5) is 5.69 Å². The van der Waals surface area contributed by atoms with E-state index < -0.39 is 0 Å². The van der Waals surface area contributed by atoms with Crippen LogP contribution in [0.15, 0.2) is 29.3 Å². The molecule has 0 amide bonds. The molecule has 1 aliphatic heterocycles. The lowest BCUT2D eigenvalue weighted by Gasteiger charge is -2.10. The zero-order valence-electron chi connectivity index (χ0n) is 10.7. The summed E-state index contributed by atoms with van der Waals surface area (Å²) >= 11 is 0. The van der Waals surface area contributed by atoms with Gasteiger partial charge < -0.3 is 4.74 Å². The number of rotatable bonds is 4. The van der Waals surface area contributed by atoms with Crippen molar-refractivity contribution in [2.45, 2.75) is 12.8 Å². The highest BCUT2D eigenvalue weighted by molar-refractivity contribution is 8.81.